The topological polar surface area (TPSA) is 58.6 Å². The van der Waals surface area contributed by atoms with Crippen LogP contribution in [-0.4, -0.2) is 23.7 Å². The first-order valence-electron chi connectivity index (χ1n) is 7.54. The summed E-state index contributed by atoms with van der Waals surface area (Å²) in [5.74, 6) is -0.168. The van der Waals surface area contributed by atoms with Crippen molar-refractivity contribution >= 4 is 28.5 Å². The fourth-order valence-corrected chi connectivity index (χ4v) is 2.70. The van der Waals surface area contributed by atoms with Crippen molar-refractivity contribution in [2.24, 2.45) is 0 Å². The quantitative estimate of drug-likeness (QED) is 0.670. The van der Waals surface area contributed by atoms with E-state index in [0.29, 0.717) is 9.13 Å². The van der Waals surface area contributed by atoms with Crippen LogP contribution in [0.5, 0.6) is 5.75 Å². The monoisotopic (exact) mass is 443 g/mol. The average molecular weight is 443 g/mol. The number of halogens is 2. The van der Waals surface area contributed by atoms with Crippen molar-refractivity contribution in [3.05, 3.63) is 63.0 Å². The fourth-order valence-electron chi connectivity index (χ4n) is 2.11. The summed E-state index contributed by atoms with van der Waals surface area (Å²) in [6, 6.07) is 11.1. The fraction of sp³-hybridized carbons (Fsp3) is 0.278. The Kier molecular flexibility index (Phi) is 6.56. The first-order chi connectivity index (χ1) is 11.4. The lowest BCUT2D eigenvalue weighted by molar-refractivity contribution is 0.0915. The molecule has 2 aromatic carbocycles. The minimum Gasteiger partial charge on any atom is -0.491 e. The summed E-state index contributed by atoms with van der Waals surface area (Å²) in [7, 11) is 0. The summed E-state index contributed by atoms with van der Waals surface area (Å²) < 4.78 is 19.4. The average Bonchev–Trinajstić information content (AvgIpc) is 2.54. The first-order valence-corrected chi connectivity index (χ1v) is 8.62. The van der Waals surface area contributed by atoms with Crippen LogP contribution in [0.25, 0.3) is 0 Å². The Hall–Kier alpha value is -1.67. The molecule has 6 heteroatoms. The van der Waals surface area contributed by atoms with E-state index in [9.17, 15) is 14.3 Å². The maximum absolute atomic E-state index is 13.3. The van der Waals surface area contributed by atoms with Gasteiger partial charge in [0.1, 0.15) is 11.6 Å². The number of aliphatic hydroxyl groups is 1. The number of rotatable bonds is 6. The molecule has 2 N–H and O–H groups in total. The van der Waals surface area contributed by atoms with Gasteiger partial charge in [0.2, 0.25) is 0 Å². The van der Waals surface area contributed by atoms with Gasteiger partial charge in [0.15, 0.2) is 0 Å². The van der Waals surface area contributed by atoms with E-state index in [4.69, 9.17) is 4.74 Å². The van der Waals surface area contributed by atoms with E-state index in [1.54, 1.807) is 24.3 Å². The number of hydrogen-bond donors (Lipinski definition) is 2. The second-order valence-electron chi connectivity index (χ2n) is 5.59. The molecule has 1 atom stereocenters. The lowest BCUT2D eigenvalue weighted by atomic mass is 10.1. The number of carbonyl (C=O) groups excluding carboxylic acids is 1. The lowest BCUT2D eigenvalue weighted by Gasteiger charge is -2.14. The third-order valence-electron chi connectivity index (χ3n) is 3.27. The van der Waals surface area contributed by atoms with Crippen molar-refractivity contribution in [2.45, 2.75) is 26.1 Å². The van der Waals surface area contributed by atoms with E-state index >= 15 is 0 Å². The molecular formula is C18H19FINO3. The molecule has 1 unspecified atom stereocenters. The van der Waals surface area contributed by atoms with Crippen LogP contribution in [0.1, 0.15) is 35.9 Å². The van der Waals surface area contributed by atoms with E-state index in [0.717, 1.165) is 5.75 Å². The normalized spacial score (nSPS) is 12.1. The van der Waals surface area contributed by atoms with Crippen molar-refractivity contribution in [1.82, 2.24) is 5.32 Å². The summed E-state index contributed by atoms with van der Waals surface area (Å²) in [4.78, 5) is 12.1. The van der Waals surface area contributed by atoms with Crippen molar-refractivity contribution in [2.75, 3.05) is 6.54 Å². The molecule has 1 amide bonds. The van der Waals surface area contributed by atoms with Gasteiger partial charge in [0.25, 0.3) is 5.91 Å². The van der Waals surface area contributed by atoms with Crippen LogP contribution in [-0.2, 0) is 0 Å². The van der Waals surface area contributed by atoms with Crippen LogP contribution in [0.4, 0.5) is 4.39 Å². The predicted octanol–water partition coefficient (Wildman–Crippen LogP) is 3.68. The van der Waals surface area contributed by atoms with Gasteiger partial charge in [-0.05, 0) is 72.3 Å². The summed E-state index contributed by atoms with van der Waals surface area (Å²) >= 11 is 1.97. The van der Waals surface area contributed by atoms with Crippen LogP contribution < -0.4 is 10.1 Å². The van der Waals surface area contributed by atoms with Gasteiger partial charge in [0, 0.05) is 10.1 Å². The molecule has 0 fully saturated rings. The van der Waals surface area contributed by atoms with Crippen LogP contribution in [0.2, 0.25) is 0 Å². The predicted molar refractivity (Wildman–Crippen MR) is 98.6 cm³/mol. The molecule has 0 saturated heterocycles. The number of nitrogens with one attached hydrogen (secondary N) is 1. The molecule has 4 nitrogen and oxygen atoms in total. The van der Waals surface area contributed by atoms with Crippen LogP contribution in [0, 0.1) is 9.39 Å². The molecule has 2 rings (SSSR count). The van der Waals surface area contributed by atoms with Crippen LogP contribution >= 0.6 is 22.6 Å². The Labute approximate surface area is 154 Å². The Morgan fingerprint density at radius 2 is 1.92 bits per heavy atom. The zero-order chi connectivity index (χ0) is 17.7. The molecule has 2 aromatic rings. The summed E-state index contributed by atoms with van der Waals surface area (Å²) in [6.45, 7) is 3.91. The zero-order valence-electron chi connectivity index (χ0n) is 13.4. The molecule has 0 aliphatic rings. The highest BCUT2D eigenvalue weighted by Crippen LogP contribution is 2.19. The maximum Gasteiger partial charge on any atom is 0.252 e. The highest BCUT2D eigenvalue weighted by atomic mass is 127. The number of benzene rings is 2. The Morgan fingerprint density at radius 3 is 2.54 bits per heavy atom. The molecule has 0 heterocycles. The minimum absolute atomic E-state index is 0.0375. The molecule has 0 radical (unpaired) electrons. The van der Waals surface area contributed by atoms with Gasteiger partial charge in [-0.3, -0.25) is 4.79 Å². The molecule has 0 saturated carbocycles. The Balaban J connectivity index is 1.96. The molecule has 0 aliphatic carbocycles. The molecule has 0 spiro atoms. The van der Waals surface area contributed by atoms with Gasteiger partial charge in [0.05, 0.1) is 17.8 Å². The molecule has 128 valence electrons. The smallest absolute Gasteiger partial charge is 0.252 e. The first kappa shape index (κ1) is 18.7. The second-order valence-corrected chi connectivity index (χ2v) is 6.75. The van der Waals surface area contributed by atoms with Crippen molar-refractivity contribution in [3.63, 3.8) is 0 Å². The molecule has 0 aromatic heterocycles. The van der Waals surface area contributed by atoms with Gasteiger partial charge < -0.3 is 15.2 Å². The summed E-state index contributed by atoms with van der Waals surface area (Å²) in [6.07, 6.45) is -0.776. The largest absolute Gasteiger partial charge is 0.491 e. The Bertz CT molecular complexity index is 704. The number of ether oxygens (including phenoxy) is 1. The van der Waals surface area contributed by atoms with E-state index < -0.39 is 17.8 Å². The third kappa shape index (κ3) is 5.17. The van der Waals surface area contributed by atoms with Gasteiger partial charge in [-0.2, -0.15) is 0 Å². The summed E-state index contributed by atoms with van der Waals surface area (Å²) in [5, 5.41) is 12.8. The van der Waals surface area contributed by atoms with Gasteiger partial charge in [-0.15, -0.1) is 0 Å². The second kappa shape index (κ2) is 8.43. The van der Waals surface area contributed by atoms with Gasteiger partial charge in [-0.1, -0.05) is 12.1 Å². The number of carbonyl (C=O) groups is 1. The number of amides is 1. The van der Waals surface area contributed by atoms with Crippen molar-refractivity contribution < 1.29 is 19.0 Å². The Morgan fingerprint density at radius 1 is 1.25 bits per heavy atom. The molecular weight excluding hydrogens is 424 g/mol. The van der Waals surface area contributed by atoms with E-state index in [1.165, 1.54) is 18.2 Å². The number of hydrogen-bond acceptors (Lipinski definition) is 3. The standard InChI is InChI=1S/C18H19FINO3/c1-11(2)24-14-6-3-12(4-7-14)17(22)10-21-18(23)15-9-13(19)5-8-16(15)20/h3-9,11,17,22H,10H2,1-2H3,(H,21,23). The summed E-state index contributed by atoms with van der Waals surface area (Å²) in [5.41, 5.74) is 0.920. The van der Waals surface area contributed by atoms with E-state index in [1.807, 2.05) is 36.4 Å². The molecule has 24 heavy (non-hydrogen) atoms. The molecule has 0 aliphatic heterocycles. The minimum atomic E-state index is -0.853. The van der Waals surface area contributed by atoms with E-state index in [2.05, 4.69) is 5.32 Å². The van der Waals surface area contributed by atoms with Crippen LogP contribution in [0.15, 0.2) is 42.5 Å². The SMILES string of the molecule is CC(C)Oc1ccc(C(O)CNC(=O)c2cc(F)ccc2I)cc1. The zero-order valence-corrected chi connectivity index (χ0v) is 15.6. The third-order valence-corrected chi connectivity index (χ3v) is 4.21. The highest BCUT2D eigenvalue weighted by molar-refractivity contribution is 14.1. The van der Waals surface area contributed by atoms with Gasteiger partial charge >= 0.3 is 0 Å². The van der Waals surface area contributed by atoms with Crippen molar-refractivity contribution in [1.29, 1.82) is 0 Å². The van der Waals surface area contributed by atoms with Gasteiger partial charge in [-0.25, -0.2) is 4.39 Å². The number of aliphatic hydroxyl groups excluding tert-OH is 1. The highest BCUT2D eigenvalue weighted by Gasteiger charge is 2.14. The molecule has 0 bridgehead atoms. The van der Waals surface area contributed by atoms with Crippen molar-refractivity contribution in [3.8, 4) is 5.75 Å². The maximum atomic E-state index is 13.3. The lowest BCUT2D eigenvalue weighted by Crippen LogP contribution is -2.29. The van der Waals surface area contributed by atoms with Crippen LogP contribution in [0.3, 0.4) is 0 Å². The van der Waals surface area contributed by atoms with E-state index in [-0.39, 0.29) is 18.2 Å².